The number of nitro groups is 1. The SMILES string of the molecule is COC(CC(CCc1ccc([N+](=O)[O-])cn1)C(N)=O)OC. The quantitative estimate of drug-likeness (QED) is 0.413. The van der Waals surface area contributed by atoms with Gasteiger partial charge in [0.1, 0.15) is 6.20 Å². The van der Waals surface area contributed by atoms with Crippen molar-refractivity contribution < 1.29 is 19.2 Å². The van der Waals surface area contributed by atoms with Gasteiger partial charge in [-0.1, -0.05) is 0 Å². The molecular formula is C13H19N3O5. The molecule has 1 atom stereocenters. The van der Waals surface area contributed by atoms with Gasteiger partial charge in [0.15, 0.2) is 6.29 Å². The summed E-state index contributed by atoms with van der Waals surface area (Å²) in [6.45, 7) is 0. The third-order valence-electron chi connectivity index (χ3n) is 3.17. The zero-order chi connectivity index (χ0) is 15.8. The van der Waals surface area contributed by atoms with Gasteiger partial charge in [-0.05, 0) is 18.9 Å². The van der Waals surface area contributed by atoms with E-state index in [0.717, 1.165) is 0 Å². The Morgan fingerprint density at radius 3 is 2.52 bits per heavy atom. The Hall–Kier alpha value is -2.06. The average Bonchev–Trinajstić information content (AvgIpc) is 2.47. The van der Waals surface area contributed by atoms with Crippen molar-refractivity contribution in [2.45, 2.75) is 25.6 Å². The molecule has 8 heteroatoms. The Bertz CT molecular complexity index is 473. The number of primary amides is 1. The summed E-state index contributed by atoms with van der Waals surface area (Å²) in [5.74, 6) is -0.845. The Balaban J connectivity index is 2.60. The number of ether oxygens (including phenoxy) is 2. The smallest absolute Gasteiger partial charge is 0.287 e. The maximum atomic E-state index is 11.4. The summed E-state index contributed by atoms with van der Waals surface area (Å²) in [6, 6.07) is 2.95. The zero-order valence-electron chi connectivity index (χ0n) is 12.0. The number of nitrogens with two attached hydrogens (primary N) is 1. The van der Waals surface area contributed by atoms with Crippen molar-refractivity contribution in [3.8, 4) is 0 Å². The van der Waals surface area contributed by atoms with Crippen molar-refractivity contribution in [1.82, 2.24) is 4.98 Å². The van der Waals surface area contributed by atoms with Crippen LogP contribution in [0, 0.1) is 16.0 Å². The van der Waals surface area contributed by atoms with Crippen LogP contribution in [0.2, 0.25) is 0 Å². The molecule has 8 nitrogen and oxygen atoms in total. The first-order valence-corrected chi connectivity index (χ1v) is 6.42. The molecule has 116 valence electrons. The third kappa shape index (κ3) is 5.44. The highest BCUT2D eigenvalue weighted by Crippen LogP contribution is 2.17. The van der Waals surface area contributed by atoms with Gasteiger partial charge in [0.05, 0.1) is 4.92 Å². The molecule has 1 rings (SSSR count). The maximum absolute atomic E-state index is 11.4. The number of rotatable bonds is 9. The lowest BCUT2D eigenvalue weighted by atomic mass is 9.97. The van der Waals surface area contributed by atoms with Crippen LogP contribution in [0.4, 0.5) is 5.69 Å². The number of aryl methyl sites for hydroxylation is 1. The topological polar surface area (TPSA) is 118 Å². The average molecular weight is 297 g/mol. The molecule has 0 aliphatic carbocycles. The summed E-state index contributed by atoms with van der Waals surface area (Å²) in [6.07, 6.45) is 2.03. The van der Waals surface area contributed by atoms with Crippen LogP contribution in [0.1, 0.15) is 18.5 Å². The summed E-state index contributed by atoms with van der Waals surface area (Å²) in [7, 11) is 2.98. The van der Waals surface area contributed by atoms with Crippen molar-refractivity contribution in [2.75, 3.05) is 14.2 Å². The van der Waals surface area contributed by atoms with Gasteiger partial charge < -0.3 is 15.2 Å². The number of hydrogen-bond donors (Lipinski definition) is 1. The van der Waals surface area contributed by atoms with Gasteiger partial charge in [-0.15, -0.1) is 0 Å². The van der Waals surface area contributed by atoms with E-state index in [4.69, 9.17) is 15.2 Å². The number of carbonyl (C=O) groups excluding carboxylic acids is 1. The van der Waals surface area contributed by atoms with Crippen molar-refractivity contribution in [3.05, 3.63) is 34.1 Å². The molecule has 0 aliphatic rings. The fraction of sp³-hybridized carbons (Fsp3) is 0.538. The Morgan fingerprint density at radius 1 is 1.43 bits per heavy atom. The van der Waals surface area contributed by atoms with E-state index in [9.17, 15) is 14.9 Å². The zero-order valence-corrected chi connectivity index (χ0v) is 12.0. The van der Waals surface area contributed by atoms with Crippen molar-refractivity contribution in [3.63, 3.8) is 0 Å². The van der Waals surface area contributed by atoms with E-state index in [1.807, 2.05) is 0 Å². The maximum Gasteiger partial charge on any atom is 0.287 e. The summed E-state index contributed by atoms with van der Waals surface area (Å²) < 4.78 is 10.1. The molecule has 0 spiro atoms. The second kappa shape index (κ2) is 8.28. The predicted molar refractivity (Wildman–Crippen MR) is 74.3 cm³/mol. The molecule has 0 aromatic carbocycles. The largest absolute Gasteiger partial charge is 0.369 e. The predicted octanol–water partition coefficient (Wildman–Crippen LogP) is 1.03. The number of aromatic nitrogens is 1. The second-order valence-corrected chi connectivity index (χ2v) is 4.54. The number of carbonyl (C=O) groups is 1. The van der Waals surface area contributed by atoms with Gasteiger partial charge in [-0.25, -0.2) is 0 Å². The van der Waals surface area contributed by atoms with E-state index in [0.29, 0.717) is 25.0 Å². The number of nitrogens with zero attached hydrogens (tertiary/aromatic N) is 2. The molecule has 0 saturated heterocycles. The number of methoxy groups -OCH3 is 2. The highest BCUT2D eigenvalue weighted by Gasteiger charge is 2.21. The first-order valence-electron chi connectivity index (χ1n) is 6.42. The standard InChI is InChI=1S/C13H19N3O5/c1-20-12(21-2)7-9(13(14)17)3-4-10-5-6-11(8-15-10)16(18)19/h5-6,8-9,12H,3-4,7H2,1-2H3,(H2,14,17). The van der Waals surface area contributed by atoms with Gasteiger partial charge in [0.25, 0.3) is 5.69 Å². The fourth-order valence-electron chi connectivity index (χ4n) is 1.89. The molecular weight excluding hydrogens is 278 g/mol. The minimum Gasteiger partial charge on any atom is -0.369 e. The molecule has 1 amide bonds. The van der Waals surface area contributed by atoms with E-state index in [1.54, 1.807) is 6.07 Å². The van der Waals surface area contributed by atoms with Crippen LogP contribution in [0.5, 0.6) is 0 Å². The van der Waals surface area contributed by atoms with Crippen molar-refractivity contribution >= 4 is 11.6 Å². The summed E-state index contributed by atoms with van der Waals surface area (Å²) >= 11 is 0. The van der Waals surface area contributed by atoms with E-state index in [2.05, 4.69) is 4.98 Å². The summed E-state index contributed by atoms with van der Waals surface area (Å²) in [5, 5.41) is 10.5. The first kappa shape index (κ1) is 17.0. The van der Waals surface area contributed by atoms with E-state index >= 15 is 0 Å². The monoisotopic (exact) mass is 297 g/mol. The van der Waals surface area contributed by atoms with Crippen LogP contribution < -0.4 is 5.73 Å². The molecule has 2 N–H and O–H groups in total. The van der Waals surface area contributed by atoms with Crippen molar-refractivity contribution in [1.29, 1.82) is 0 Å². The highest BCUT2D eigenvalue weighted by atomic mass is 16.7. The normalized spacial score (nSPS) is 12.3. The lowest BCUT2D eigenvalue weighted by molar-refractivity contribution is -0.385. The molecule has 0 fully saturated rings. The van der Waals surface area contributed by atoms with Crippen LogP contribution in [0.15, 0.2) is 18.3 Å². The van der Waals surface area contributed by atoms with Crippen LogP contribution in [0.25, 0.3) is 0 Å². The van der Waals surface area contributed by atoms with E-state index in [-0.39, 0.29) is 5.69 Å². The van der Waals surface area contributed by atoms with Gasteiger partial charge in [0.2, 0.25) is 5.91 Å². The van der Waals surface area contributed by atoms with Crippen LogP contribution in [-0.2, 0) is 20.7 Å². The highest BCUT2D eigenvalue weighted by molar-refractivity contribution is 5.76. The number of pyridine rings is 1. The lowest BCUT2D eigenvalue weighted by Crippen LogP contribution is -2.29. The van der Waals surface area contributed by atoms with Crippen molar-refractivity contribution in [2.24, 2.45) is 11.7 Å². The third-order valence-corrected chi connectivity index (χ3v) is 3.17. The Kier molecular flexibility index (Phi) is 6.70. The minimum atomic E-state index is -0.509. The molecule has 0 radical (unpaired) electrons. The molecule has 21 heavy (non-hydrogen) atoms. The Labute approximate surface area is 122 Å². The molecule has 1 aromatic rings. The van der Waals surface area contributed by atoms with Gasteiger partial charge in [-0.3, -0.25) is 19.9 Å². The van der Waals surface area contributed by atoms with Gasteiger partial charge in [-0.2, -0.15) is 0 Å². The molecule has 0 saturated carbocycles. The number of amides is 1. The number of hydrogen-bond acceptors (Lipinski definition) is 6. The first-order chi connectivity index (χ1) is 9.97. The van der Waals surface area contributed by atoms with Crippen LogP contribution in [0.3, 0.4) is 0 Å². The fourth-order valence-corrected chi connectivity index (χ4v) is 1.89. The summed E-state index contributed by atoms with van der Waals surface area (Å²) in [4.78, 5) is 25.4. The van der Waals surface area contributed by atoms with Gasteiger partial charge in [0, 0.05) is 38.3 Å². The van der Waals surface area contributed by atoms with Crippen LogP contribution in [-0.4, -0.2) is 36.3 Å². The minimum absolute atomic E-state index is 0.0657. The molecule has 1 heterocycles. The Morgan fingerprint density at radius 2 is 2.10 bits per heavy atom. The molecule has 1 unspecified atom stereocenters. The summed E-state index contributed by atoms with van der Waals surface area (Å²) in [5.41, 5.74) is 5.96. The molecule has 0 aliphatic heterocycles. The van der Waals surface area contributed by atoms with E-state index in [1.165, 1.54) is 26.5 Å². The van der Waals surface area contributed by atoms with Crippen LogP contribution >= 0.6 is 0 Å². The van der Waals surface area contributed by atoms with Gasteiger partial charge >= 0.3 is 0 Å². The van der Waals surface area contributed by atoms with E-state index < -0.39 is 23.0 Å². The lowest BCUT2D eigenvalue weighted by Gasteiger charge is -2.19. The second-order valence-electron chi connectivity index (χ2n) is 4.54. The molecule has 0 bridgehead atoms. The molecule has 1 aromatic heterocycles.